The minimum absolute atomic E-state index is 0.117. The zero-order valence-corrected chi connectivity index (χ0v) is 9.66. The van der Waals surface area contributed by atoms with Gasteiger partial charge >= 0.3 is 0 Å². The van der Waals surface area contributed by atoms with Crippen LogP contribution in [0.4, 0.5) is 4.39 Å². The molecule has 0 aliphatic heterocycles. The lowest BCUT2D eigenvalue weighted by Crippen LogP contribution is -2.33. The van der Waals surface area contributed by atoms with Crippen LogP contribution in [0.15, 0.2) is 24.3 Å². The Hall–Kier alpha value is -0.890. The maximum Gasteiger partial charge on any atom is 0.126 e. The van der Waals surface area contributed by atoms with Crippen molar-refractivity contribution in [3.63, 3.8) is 0 Å². The Labute approximate surface area is 96.9 Å². The number of nitrogens with two attached hydrogens (primary N) is 1. The first-order valence-corrected chi connectivity index (χ1v) is 6.26. The van der Waals surface area contributed by atoms with Crippen molar-refractivity contribution >= 4 is 0 Å². The zero-order chi connectivity index (χ0) is 11.4. The summed E-state index contributed by atoms with van der Waals surface area (Å²) in [4.78, 5) is 0. The van der Waals surface area contributed by atoms with Crippen LogP contribution in [0, 0.1) is 11.7 Å². The third kappa shape index (κ3) is 2.82. The fourth-order valence-corrected chi connectivity index (χ4v) is 2.65. The number of rotatable bonds is 3. The van der Waals surface area contributed by atoms with Gasteiger partial charge in [-0.1, -0.05) is 37.5 Å². The fraction of sp³-hybridized carbons (Fsp3) is 0.571. The fourth-order valence-electron chi connectivity index (χ4n) is 2.65. The molecule has 0 aromatic heterocycles. The standard InChI is InChI=1S/C14H20FN/c15-13-9-5-4-8-12(13)10-14(16)11-6-2-1-3-7-11/h4-5,8-9,11,14H,1-3,6-7,10,16H2. The molecule has 0 saturated heterocycles. The first-order valence-electron chi connectivity index (χ1n) is 6.26. The number of hydrogen-bond acceptors (Lipinski definition) is 1. The van der Waals surface area contributed by atoms with E-state index in [1.54, 1.807) is 6.07 Å². The summed E-state index contributed by atoms with van der Waals surface area (Å²) in [6, 6.07) is 7.09. The molecule has 1 aliphatic rings. The molecule has 0 heterocycles. The highest BCUT2D eigenvalue weighted by Crippen LogP contribution is 2.27. The second-order valence-electron chi connectivity index (χ2n) is 4.86. The van der Waals surface area contributed by atoms with Crippen LogP contribution in [0.3, 0.4) is 0 Å². The minimum Gasteiger partial charge on any atom is -0.327 e. The smallest absolute Gasteiger partial charge is 0.126 e. The van der Waals surface area contributed by atoms with E-state index in [9.17, 15) is 4.39 Å². The van der Waals surface area contributed by atoms with Crippen LogP contribution < -0.4 is 5.73 Å². The lowest BCUT2D eigenvalue weighted by Gasteiger charge is -2.27. The van der Waals surface area contributed by atoms with E-state index in [-0.39, 0.29) is 11.9 Å². The Morgan fingerprint density at radius 3 is 2.56 bits per heavy atom. The van der Waals surface area contributed by atoms with Gasteiger partial charge in [-0.15, -0.1) is 0 Å². The van der Waals surface area contributed by atoms with E-state index in [1.807, 2.05) is 12.1 Å². The van der Waals surface area contributed by atoms with Gasteiger partial charge in [0.15, 0.2) is 0 Å². The lowest BCUT2D eigenvalue weighted by atomic mass is 9.82. The van der Waals surface area contributed by atoms with Gasteiger partial charge in [0, 0.05) is 6.04 Å². The molecule has 0 bridgehead atoms. The van der Waals surface area contributed by atoms with Gasteiger partial charge in [-0.2, -0.15) is 0 Å². The molecular formula is C14H20FN. The van der Waals surface area contributed by atoms with Crippen LogP contribution in [-0.2, 0) is 6.42 Å². The molecule has 1 aromatic rings. The van der Waals surface area contributed by atoms with Crippen molar-refractivity contribution in [3.05, 3.63) is 35.6 Å². The Kier molecular flexibility index (Phi) is 3.94. The van der Waals surface area contributed by atoms with E-state index in [1.165, 1.54) is 38.2 Å². The molecule has 1 atom stereocenters. The highest BCUT2D eigenvalue weighted by Gasteiger charge is 2.21. The van der Waals surface area contributed by atoms with Crippen LogP contribution in [0.1, 0.15) is 37.7 Å². The summed E-state index contributed by atoms with van der Waals surface area (Å²) in [6.45, 7) is 0. The van der Waals surface area contributed by atoms with E-state index in [2.05, 4.69) is 0 Å². The van der Waals surface area contributed by atoms with E-state index in [0.717, 1.165) is 5.56 Å². The lowest BCUT2D eigenvalue weighted by molar-refractivity contribution is 0.302. The van der Waals surface area contributed by atoms with Gasteiger partial charge in [-0.05, 0) is 36.8 Å². The van der Waals surface area contributed by atoms with Gasteiger partial charge in [-0.3, -0.25) is 0 Å². The summed E-state index contributed by atoms with van der Waals surface area (Å²) >= 11 is 0. The first kappa shape index (κ1) is 11.6. The first-order chi connectivity index (χ1) is 7.77. The topological polar surface area (TPSA) is 26.0 Å². The number of benzene rings is 1. The number of halogens is 1. The van der Waals surface area contributed by atoms with Gasteiger partial charge in [0.2, 0.25) is 0 Å². The normalized spacial score (nSPS) is 19.6. The Bertz CT molecular complexity index is 331. The second-order valence-corrected chi connectivity index (χ2v) is 4.86. The van der Waals surface area contributed by atoms with Crippen LogP contribution in [-0.4, -0.2) is 6.04 Å². The van der Waals surface area contributed by atoms with Gasteiger partial charge < -0.3 is 5.73 Å². The Balaban J connectivity index is 1.96. The van der Waals surface area contributed by atoms with E-state index >= 15 is 0 Å². The van der Waals surface area contributed by atoms with Gasteiger partial charge in [0.05, 0.1) is 0 Å². The molecule has 0 spiro atoms. The predicted octanol–water partition coefficient (Wildman–Crippen LogP) is 3.28. The van der Waals surface area contributed by atoms with Crippen molar-refractivity contribution < 1.29 is 4.39 Å². The maximum absolute atomic E-state index is 13.5. The van der Waals surface area contributed by atoms with Crippen molar-refractivity contribution in [3.8, 4) is 0 Å². The van der Waals surface area contributed by atoms with Crippen LogP contribution in [0.25, 0.3) is 0 Å². The number of hydrogen-bond donors (Lipinski definition) is 1. The van der Waals surface area contributed by atoms with Crippen molar-refractivity contribution in [2.24, 2.45) is 11.7 Å². The third-order valence-electron chi connectivity index (χ3n) is 3.67. The highest BCUT2D eigenvalue weighted by atomic mass is 19.1. The SMILES string of the molecule is NC(Cc1ccccc1F)C1CCCCC1. The van der Waals surface area contributed by atoms with Crippen molar-refractivity contribution in [2.45, 2.75) is 44.6 Å². The predicted molar refractivity (Wildman–Crippen MR) is 64.7 cm³/mol. The third-order valence-corrected chi connectivity index (χ3v) is 3.67. The Morgan fingerprint density at radius 1 is 1.19 bits per heavy atom. The monoisotopic (exact) mass is 221 g/mol. The molecule has 1 aliphatic carbocycles. The van der Waals surface area contributed by atoms with Crippen molar-refractivity contribution in [1.29, 1.82) is 0 Å². The molecule has 1 unspecified atom stereocenters. The molecule has 1 nitrogen and oxygen atoms in total. The molecule has 0 radical (unpaired) electrons. The van der Waals surface area contributed by atoms with Gasteiger partial charge in [0.25, 0.3) is 0 Å². The molecule has 0 amide bonds. The highest BCUT2D eigenvalue weighted by molar-refractivity contribution is 5.18. The molecule has 2 rings (SSSR count). The van der Waals surface area contributed by atoms with Crippen LogP contribution >= 0.6 is 0 Å². The molecule has 1 fully saturated rings. The van der Waals surface area contributed by atoms with E-state index in [0.29, 0.717) is 12.3 Å². The molecule has 2 heteroatoms. The molecule has 1 saturated carbocycles. The molecule has 1 aromatic carbocycles. The van der Waals surface area contributed by atoms with Crippen molar-refractivity contribution in [2.75, 3.05) is 0 Å². The quantitative estimate of drug-likeness (QED) is 0.833. The summed E-state index contributed by atoms with van der Waals surface area (Å²) in [5, 5.41) is 0. The summed E-state index contributed by atoms with van der Waals surface area (Å²) < 4.78 is 13.5. The summed E-state index contributed by atoms with van der Waals surface area (Å²) in [5.41, 5.74) is 6.95. The summed E-state index contributed by atoms with van der Waals surface area (Å²) in [5.74, 6) is 0.474. The molecule has 2 N–H and O–H groups in total. The van der Waals surface area contributed by atoms with Gasteiger partial charge in [0.1, 0.15) is 5.82 Å². The molecule has 88 valence electrons. The minimum atomic E-state index is -0.117. The Morgan fingerprint density at radius 2 is 1.88 bits per heavy atom. The second kappa shape index (κ2) is 5.44. The van der Waals surface area contributed by atoms with Crippen LogP contribution in [0.5, 0.6) is 0 Å². The average molecular weight is 221 g/mol. The maximum atomic E-state index is 13.5. The van der Waals surface area contributed by atoms with Crippen molar-refractivity contribution in [1.82, 2.24) is 0 Å². The molecular weight excluding hydrogens is 201 g/mol. The zero-order valence-electron chi connectivity index (χ0n) is 9.66. The van der Waals surface area contributed by atoms with E-state index in [4.69, 9.17) is 5.73 Å². The summed E-state index contributed by atoms with van der Waals surface area (Å²) in [6.07, 6.45) is 7.02. The summed E-state index contributed by atoms with van der Waals surface area (Å²) in [7, 11) is 0. The van der Waals surface area contributed by atoms with Gasteiger partial charge in [-0.25, -0.2) is 4.39 Å². The largest absolute Gasteiger partial charge is 0.327 e. The van der Waals surface area contributed by atoms with E-state index < -0.39 is 0 Å². The van der Waals surface area contributed by atoms with Crippen LogP contribution in [0.2, 0.25) is 0 Å². The average Bonchev–Trinajstić information content (AvgIpc) is 2.33. The molecule has 16 heavy (non-hydrogen) atoms.